The van der Waals surface area contributed by atoms with Crippen molar-refractivity contribution < 1.29 is 17.9 Å². The van der Waals surface area contributed by atoms with Gasteiger partial charge in [0.2, 0.25) is 5.88 Å². The maximum atomic E-state index is 12.6. The standard InChI is InChI=1S/C13H10F3NO/c1-18-12-6-5-10(8-17-12)9-3-2-4-11(7-9)13(14,15)16/h2-8H,1H3. The second kappa shape index (κ2) is 4.68. The number of hydrogen-bond donors (Lipinski definition) is 0. The first-order valence-electron chi connectivity index (χ1n) is 5.18. The van der Waals surface area contributed by atoms with Crippen LogP contribution in [0.5, 0.6) is 5.88 Å². The second-order valence-electron chi connectivity index (χ2n) is 3.67. The Bertz CT molecular complexity index is 535. The number of ether oxygens (including phenoxy) is 1. The quantitative estimate of drug-likeness (QED) is 0.812. The van der Waals surface area contributed by atoms with Gasteiger partial charge in [-0.15, -0.1) is 0 Å². The summed E-state index contributed by atoms with van der Waals surface area (Å²) in [5, 5.41) is 0. The minimum Gasteiger partial charge on any atom is -0.481 e. The summed E-state index contributed by atoms with van der Waals surface area (Å²) in [5.74, 6) is 0.422. The first-order valence-corrected chi connectivity index (χ1v) is 5.18. The number of aromatic nitrogens is 1. The van der Waals surface area contributed by atoms with Crippen molar-refractivity contribution in [1.29, 1.82) is 0 Å². The molecule has 0 N–H and O–H groups in total. The maximum absolute atomic E-state index is 12.6. The van der Waals surface area contributed by atoms with E-state index in [4.69, 9.17) is 4.74 Å². The molecule has 1 aromatic carbocycles. The molecule has 0 aliphatic rings. The summed E-state index contributed by atoms with van der Waals surface area (Å²) in [6.45, 7) is 0. The molecule has 0 aliphatic heterocycles. The predicted octanol–water partition coefficient (Wildman–Crippen LogP) is 3.78. The molecule has 0 saturated carbocycles. The van der Waals surface area contributed by atoms with Crippen LogP contribution in [0.4, 0.5) is 13.2 Å². The first-order chi connectivity index (χ1) is 8.50. The van der Waals surface area contributed by atoms with E-state index in [2.05, 4.69) is 4.98 Å². The average molecular weight is 253 g/mol. The van der Waals surface area contributed by atoms with E-state index in [1.54, 1.807) is 18.2 Å². The molecule has 18 heavy (non-hydrogen) atoms. The van der Waals surface area contributed by atoms with E-state index in [0.717, 1.165) is 12.1 Å². The Balaban J connectivity index is 2.38. The molecule has 1 aromatic heterocycles. The molecular formula is C13H10F3NO. The Labute approximate surface area is 102 Å². The van der Waals surface area contributed by atoms with Crippen molar-refractivity contribution in [1.82, 2.24) is 4.98 Å². The largest absolute Gasteiger partial charge is 0.481 e. The molecule has 5 heteroatoms. The zero-order valence-corrected chi connectivity index (χ0v) is 9.53. The van der Waals surface area contributed by atoms with Crippen molar-refractivity contribution in [2.75, 3.05) is 7.11 Å². The molecule has 2 nitrogen and oxygen atoms in total. The Morgan fingerprint density at radius 3 is 2.39 bits per heavy atom. The molecule has 2 aromatic rings. The summed E-state index contributed by atoms with van der Waals surface area (Å²) >= 11 is 0. The monoisotopic (exact) mass is 253 g/mol. The lowest BCUT2D eigenvalue weighted by molar-refractivity contribution is -0.137. The van der Waals surface area contributed by atoms with E-state index in [1.807, 2.05) is 0 Å². The third-order valence-corrected chi connectivity index (χ3v) is 2.47. The van der Waals surface area contributed by atoms with Crippen LogP contribution in [0.3, 0.4) is 0 Å². The van der Waals surface area contributed by atoms with Gasteiger partial charge in [0.15, 0.2) is 0 Å². The van der Waals surface area contributed by atoms with Crippen molar-refractivity contribution in [2.45, 2.75) is 6.18 Å². The van der Waals surface area contributed by atoms with Crippen LogP contribution in [0, 0.1) is 0 Å². The van der Waals surface area contributed by atoms with Crippen molar-refractivity contribution >= 4 is 0 Å². The Morgan fingerprint density at radius 1 is 1.06 bits per heavy atom. The summed E-state index contributed by atoms with van der Waals surface area (Å²) in [5.41, 5.74) is 0.415. The highest BCUT2D eigenvalue weighted by Gasteiger charge is 2.30. The number of pyridine rings is 1. The van der Waals surface area contributed by atoms with Gasteiger partial charge in [-0.05, 0) is 23.8 Å². The van der Waals surface area contributed by atoms with Crippen LogP contribution in [0.1, 0.15) is 5.56 Å². The fourth-order valence-electron chi connectivity index (χ4n) is 1.55. The van der Waals surface area contributed by atoms with Crippen molar-refractivity contribution in [3.8, 4) is 17.0 Å². The van der Waals surface area contributed by atoms with E-state index >= 15 is 0 Å². The molecule has 94 valence electrons. The van der Waals surface area contributed by atoms with Crippen LogP contribution in [0.2, 0.25) is 0 Å². The van der Waals surface area contributed by atoms with Gasteiger partial charge in [-0.2, -0.15) is 13.2 Å². The van der Waals surface area contributed by atoms with Gasteiger partial charge in [0.05, 0.1) is 12.7 Å². The number of alkyl halides is 3. The molecule has 2 rings (SSSR count). The van der Waals surface area contributed by atoms with Crippen molar-refractivity contribution in [3.05, 3.63) is 48.2 Å². The molecule has 0 spiro atoms. The van der Waals surface area contributed by atoms with Crippen LogP contribution >= 0.6 is 0 Å². The fraction of sp³-hybridized carbons (Fsp3) is 0.154. The molecule has 0 radical (unpaired) electrons. The predicted molar refractivity (Wildman–Crippen MR) is 61.2 cm³/mol. The van der Waals surface area contributed by atoms with Crippen molar-refractivity contribution in [2.24, 2.45) is 0 Å². The molecule has 1 heterocycles. The topological polar surface area (TPSA) is 22.1 Å². The van der Waals surface area contributed by atoms with Gasteiger partial charge in [0.1, 0.15) is 0 Å². The SMILES string of the molecule is COc1ccc(-c2cccc(C(F)(F)F)c2)cn1. The van der Waals surface area contributed by atoms with Gasteiger partial charge < -0.3 is 4.74 Å². The highest BCUT2D eigenvalue weighted by Crippen LogP contribution is 2.32. The molecule has 0 unspecified atom stereocenters. The lowest BCUT2D eigenvalue weighted by Gasteiger charge is -2.08. The van der Waals surface area contributed by atoms with E-state index in [1.165, 1.54) is 19.4 Å². The van der Waals surface area contributed by atoms with Gasteiger partial charge in [-0.1, -0.05) is 12.1 Å². The summed E-state index contributed by atoms with van der Waals surface area (Å²) in [6.07, 6.45) is -2.86. The lowest BCUT2D eigenvalue weighted by Crippen LogP contribution is -2.04. The van der Waals surface area contributed by atoms with Gasteiger partial charge in [-0.25, -0.2) is 4.98 Å². The number of nitrogens with zero attached hydrogens (tertiary/aromatic N) is 1. The summed E-state index contributed by atoms with van der Waals surface area (Å²) in [7, 11) is 1.48. The molecule has 0 aliphatic carbocycles. The second-order valence-corrected chi connectivity index (χ2v) is 3.67. The minimum atomic E-state index is -4.34. The van der Waals surface area contributed by atoms with Gasteiger partial charge >= 0.3 is 6.18 Å². The van der Waals surface area contributed by atoms with Crippen LogP contribution < -0.4 is 4.74 Å². The Morgan fingerprint density at radius 2 is 1.83 bits per heavy atom. The summed E-state index contributed by atoms with van der Waals surface area (Å²) in [6, 6.07) is 8.40. The Hall–Kier alpha value is -2.04. The lowest BCUT2D eigenvalue weighted by atomic mass is 10.0. The zero-order chi connectivity index (χ0) is 13.2. The smallest absolute Gasteiger partial charge is 0.416 e. The van der Waals surface area contributed by atoms with Crippen LogP contribution in [0.15, 0.2) is 42.6 Å². The molecular weight excluding hydrogens is 243 g/mol. The highest BCUT2D eigenvalue weighted by molar-refractivity contribution is 5.63. The zero-order valence-electron chi connectivity index (χ0n) is 9.53. The number of benzene rings is 1. The highest BCUT2D eigenvalue weighted by atomic mass is 19.4. The van der Waals surface area contributed by atoms with Crippen molar-refractivity contribution in [3.63, 3.8) is 0 Å². The Kier molecular flexibility index (Phi) is 3.23. The summed E-state index contributed by atoms with van der Waals surface area (Å²) in [4.78, 5) is 3.96. The van der Waals surface area contributed by atoms with Gasteiger partial charge in [0, 0.05) is 17.8 Å². The van der Waals surface area contributed by atoms with Gasteiger partial charge in [-0.3, -0.25) is 0 Å². The number of hydrogen-bond acceptors (Lipinski definition) is 2. The van der Waals surface area contributed by atoms with E-state index in [-0.39, 0.29) is 0 Å². The number of methoxy groups -OCH3 is 1. The van der Waals surface area contributed by atoms with E-state index in [9.17, 15) is 13.2 Å². The van der Waals surface area contributed by atoms with Gasteiger partial charge in [0.25, 0.3) is 0 Å². The molecule has 0 bridgehead atoms. The average Bonchev–Trinajstić information content (AvgIpc) is 2.38. The molecule has 0 amide bonds. The number of rotatable bonds is 2. The third kappa shape index (κ3) is 2.61. The fourth-order valence-corrected chi connectivity index (χ4v) is 1.55. The number of halogens is 3. The van der Waals surface area contributed by atoms with E-state index in [0.29, 0.717) is 17.0 Å². The normalized spacial score (nSPS) is 11.3. The van der Waals surface area contributed by atoms with Crippen LogP contribution in [0.25, 0.3) is 11.1 Å². The minimum absolute atomic E-state index is 0.422. The maximum Gasteiger partial charge on any atom is 0.416 e. The molecule has 0 fully saturated rings. The van der Waals surface area contributed by atoms with Crippen LogP contribution in [-0.2, 0) is 6.18 Å². The van der Waals surface area contributed by atoms with E-state index < -0.39 is 11.7 Å². The third-order valence-electron chi connectivity index (χ3n) is 2.47. The molecule has 0 atom stereocenters. The molecule has 0 saturated heterocycles. The first kappa shape index (κ1) is 12.4. The van der Waals surface area contributed by atoms with Crippen LogP contribution in [-0.4, -0.2) is 12.1 Å². The summed E-state index contributed by atoms with van der Waals surface area (Å²) < 4.78 is 42.6.